The molecule has 1 aromatic carbocycles. The number of benzene rings is 1. The van der Waals surface area contributed by atoms with E-state index in [4.69, 9.17) is 9.47 Å². The Hall–Kier alpha value is -2.70. The second-order valence-electron chi connectivity index (χ2n) is 6.36. The van der Waals surface area contributed by atoms with Crippen LogP contribution >= 0.6 is 0 Å². The molecule has 1 aromatic heterocycles. The van der Waals surface area contributed by atoms with Gasteiger partial charge >= 0.3 is 6.01 Å². The molecule has 0 radical (unpaired) electrons. The summed E-state index contributed by atoms with van der Waals surface area (Å²) in [6, 6.07) is 9.56. The molecule has 1 N–H and O–H groups in total. The molecule has 1 aliphatic rings. The molecule has 1 fully saturated rings. The summed E-state index contributed by atoms with van der Waals surface area (Å²) in [6.07, 6.45) is 4.75. The van der Waals surface area contributed by atoms with E-state index in [1.54, 1.807) is 6.92 Å². The molecule has 0 aliphatic heterocycles. The minimum Gasteiger partial charge on any atom is -0.481 e. The number of rotatable bonds is 6. The molecule has 0 saturated heterocycles. The first-order valence-electron chi connectivity index (χ1n) is 8.76. The van der Waals surface area contributed by atoms with E-state index in [-0.39, 0.29) is 24.1 Å². The van der Waals surface area contributed by atoms with Crippen LogP contribution in [0.1, 0.15) is 32.6 Å². The second-order valence-corrected chi connectivity index (χ2v) is 6.36. The van der Waals surface area contributed by atoms with Gasteiger partial charge in [-0.3, -0.25) is 4.79 Å². The van der Waals surface area contributed by atoms with E-state index in [2.05, 4.69) is 15.3 Å². The zero-order chi connectivity index (χ0) is 18.4. The van der Waals surface area contributed by atoms with Gasteiger partial charge in [-0.25, -0.2) is 14.4 Å². The molecule has 1 heterocycles. The van der Waals surface area contributed by atoms with Crippen LogP contribution in [0.15, 0.2) is 42.7 Å². The highest BCUT2D eigenvalue weighted by Gasteiger charge is 2.26. The lowest BCUT2D eigenvalue weighted by Crippen LogP contribution is -2.45. The molecule has 1 aliphatic carbocycles. The lowest BCUT2D eigenvalue weighted by atomic mass is 9.93. The van der Waals surface area contributed by atoms with E-state index >= 15 is 0 Å². The normalized spacial score (nSPS) is 20.8. The lowest BCUT2D eigenvalue weighted by Gasteiger charge is -2.29. The number of carbonyl (C=O) groups excluding carboxylic acids is 1. The lowest BCUT2D eigenvalue weighted by molar-refractivity contribution is -0.128. The Morgan fingerprint density at radius 3 is 2.46 bits per heavy atom. The number of ether oxygens (including phenoxy) is 2. The predicted octanol–water partition coefficient (Wildman–Crippen LogP) is 2.89. The Bertz CT molecular complexity index is 704. The zero-order valence-corrected chi connectivity index (χ0v) is 14.6. The minimum atomic E-state index is -0.556. The molecular weight excluding hydrogens is 337 g/mol. The summed E-state index contributed by atoms with van der Waals surface area (Å²) in [5.41, 5.74) is 0. The Morgan fingerprint density at radius 2 is 1.81 bits per heavy atom. The van der Waals surface area contributed by atoms with Crippen molar-refractivity contribution in [3.63, 3.8) is 0 Å². The quantitative estimate of drug-likeness (QED) is 0.858. The molecule has 2 aromatic rings. The highest BCUT2D eigenvalue weighted by Crippen LogP contribution is 2.22. The fourth-order valence-corrected chi connectivity index (χ4v) is 2.91. The van der Waals surface area contributed by atoms with Crippen molar-refractivity contribution in [1.29, 1.82) is 0 Å². The van der Waals surface area contributed by atoms with E-state index in [0.29, 0.717) is 5.75 Å². The molecule has 1 amide bonds. The monoisotopic (exact) mass is 359 g/mol. The Morgan fingerprint density at radius 1 is 1.15 bits per heavy atom. The average Bonchev–Trinajstić information content (AvgIpc) is 2.66. The number of para-hydroxylation sites is 1. The second kappa shape index (κ2) is 8.60. The number of halogens is 1. The number of aromatic nitrogens is 2. The first kappa shape index (κ1) is 18.1. The molecule has 3 rings (SSSR count). The van der Waals surface area contributed by atoms with Gasteiger partial charge in [0, 0.05) is 6.04 Å². The van der Waals surface area contributed by atoms with Gasteiger partial charge in [-0.1, -0.05) is 18.2 Å². The smallest absolute Gasteiger partial charge is 0.316 e. The van der Waals surface area contributed by atoms with E-state index in [0.717, 1.165) is 38.1 Å². The summed E-state index contributed by atoms with van der Waals surface area (Å²) in [4.78, 5) is 19.9. The molecular formula is C19H22FN3O3. The van der Waals surface area contributed by atoms with Crippen LogP contribution in [0.5, 0.6) is 11.8 Å². The van der Waals surface area contributed by atoms with Gasteiger partial charge in [0.2, 0.25) is 0 Å². The maximum Gasteiger partial charge on any atom is 0.316 e. The van der Waals surface area contributed by atoms with Crippen LogP contribution in [-0.2, 0) is 4.79 Å². The standard InChI is InChI=1S/C19H22FN3O3/c1-13(25-16-5-3-2-4-6-16)18(24)23-15-7-9-17(10-8-15)26-19-21-11-14(20)12-22-19/h2-6,11-13,15,17H,7-10H2,1H3,(H,23,24). The first-order chi connectivity index (χ1) is 12.6. The number of carbonyl (C=O) groups is 1. The number of hydrogen-bond acceptors (Lipinski definition) is 5. The topological polar surface area (TPSA) is 73.3 Å². The van der Waals surface area contributed by atoms with Gasteiger partial charge in [0.05, 0.1) is 12.4 Å². The fourth-order valence-electron chi connectivity index (χ4n) is 2.91. The predicted molar refractivity (Wildman–Crippen MR) is 93.3 cm³/mol. The highest BCUT2D eigenvalue weighted by atomic mass is 19.1. The minimum absolute atomic E-state index is 0.0217. The van der Waals surface area contributed by atoms with Gasteiger partial charge in [0.25, 0.3) is 5.91 Å². The molecule has 1 atom stereocenters. The van der Waals surface area contributed by atoms with Crippen molar-refractivity contribution in [3.05, 3.63) is 48.5 Å². The van der Waals surface area contributed by atoms with Crippen LogP contribution < -0.4 is 14.8 Å². The summed E-state index contributed by atoms with van der Waals surface area (Å²) in [5, 5.41) is 3.03. The van der Waals surface area contributed by atoms with Gasteiger partial charge in [-0.2, -0.15) is 0 Å². The molecule has 0 bridgehead atoms. The third-order valence-corrected chi connectivity index (χ3v) is 4.31. The maximum absolute atomic E-state index is 12.8. The van der Waals surface area contributed by atoms with Gasteiger partial charge in [-0.15, -0.1) is 0 Å². The largest absolute Gasteiger partial charge is 0.481 e. The van der Waals surface area contributed by atoms with Crippen LogP contribution in [0.25, 0.3) is 0 Å². The van der Waals surface area contributed by atoms with Crippen molar-refractivity contribution in [3.8, 4) is 11.8 Å². The fraction of sp³-hybridized carbons (Fsp3) is 0.421. The summed E-state index contributed by atoms with van der Waals surface area (Å²) in [7, 11) is 0. The molecule has 1 saturated carbocycles. The molecule has 0 spiro atoms. The van der Waals surface area contributed by atoms with Crippen molar-refractivity contribution in [2.24, 2.45) is 0 Å². The van der Waals surface area contributed by atoms with Crippen molar-refractivity contribution >= 4 is 5.91 Å². The maximum atomic E-state index is 12.8. The van der Waals surface area contributed by atoms with Gasteiger partial charge in [0.15, 0.2) is 11.9 Å². The molecule has 6 nitrogen and oxygen atoms in total. The van der Waals surface area contributed by atoms with E-state index in [9.17, 15) is 9.18 Å². The van der Waals surface area contributed by atoms with Crippen molar-refractivity contribution in [2.45, 2.75) is 50.9 Å². The number of hydrogen-bond donors (Lipinski definition) is 1. The van der Waals surface area contributed by atoms with Crippen LogP contribution in [0.2, 0.25) is 0 Å². The van der Waals surface area contributed by atoms with E-state index in [1.807, 2.05) is 30.3 Å². The summed E-state index contributed by atoms with van der Waals surface area (Å²) in [6.45, 7) is 1.74. The van der Waals surface area contributed by atoms with E-state index in [1.165, 1.54) is 0 Å². The highest BCUT2D eigenvalue weighted by molar-refractivity contribution is 5.81. The summed E-state index contributed by atoms with van der Waals surface area (Å²) < 4.78 is 24.1. The Kier molecular flexibility index (Phi) is 5.99. The molecule has 26 heavy (non-hydrogen) atoms. The van der Waals surface area contributed by atoms with Crippen molar-refractivity contribution < 1.29 is 18.7 Å². The van der Waals surface area contributed by atoms with Crippen molar-refractivity contribution in [2.75, 3.05) is 0 Å². The van der Waals surface area contributed by atoms with Gasteiger partial charge in [0.1, 0.15) is 11.9 Å². The number of nitrogens with one attached hydrogen (secondary N) is 1. The van der Waals surface area contributed by atoms with Gasteiger partial charge in [-0.05, 0) is 44.7 Å². The molecule has 138 valence electrons. The molecule has 7 heteroatoms. The Balaban J connectivity index is 1.41. The third-order valence-electron chi connectivity index (χ3n) is 4.31. The van der Waals surface area contributed by atoms with Crippen LogP contribution in [0, 0.1) is 5.82 Å². The van der Waals surface area contributed by atoms with Crippen LogP contribution in [0.3, 0.4) is 0 Å². The molecule has 1 unspecified atom stereocenters. The van der Waals surface area contributed by atoms with Crippen LogP contribution in [-0.4, -0.2) is 34.1 Å². The summed E-state index contributed by atoms with van der Waals surface area (Å²) >= 11 is 0. The van der Waals surface area contributed by atoms with Gasteiger partial charge < -0.3 is 14.8 Å². The first-order valence-corrected chi connectivity index (χ1v) is 8.76. The number of nitrogens with zero attached hydrogens (tertiary/aromatic N) is 2. The van der Waals surface area contributed by atoms with Crippen molar-refractivity contribution in [1.82, 2.24) is 15.3 Å². The van der Waals surface area contributed by atoms with Crippen LogP contribution in [0.4, 0.5) is 4.39 Å². The SMILES string of the molecule is CC(Oc1ccccc1)C(=O)NC1CCC(Oc2ncc(F)cn2)CC1. The third kappa shape index (κ3) is 5.15. The Labute approximate surface area is 151 Å². The van der Waals surface area contributed by atoms with E-state index < -0.39 is 11.9 Å². The number of amides is 1. The average molecular weight is 359 g/mol. The zero-order valence-electron chi connectivity index (χ0n) is 14.6. The summed E-state index contributed by atoms with van der Waals surface area (Å²) in [5.74, 6) is 0.0576.